The number of anilines is 1. The molecule has 2 rings (SSSR count). The molecule has 1 unspecified atom stereocenters. The molecule has 1 atom stereocenters. The summed E-state index contributed by atoms with van der Waals surface area (Å²) in [7, 11) is 0. The number of halogens is 4. The van der Waals surface area contributed by atoms with Crippen LogP contribution in [0.25, 0.3) is 0 Å². The Morgan fingerprint density at radius 1 is 1.43 bits per heavy atom. The summed E-state index contributed by atoms with van der Waals surface area (Å²) in [5.41, 5.74) is 1.00. The van der Waals surface area contributed by atoms with E-state index in [1.54, 1.807) is 25.1 Å². The lowest BCUT2D eigenvalue weighted by atomic mass is 10.1. The second-order valence-electron chi connectivity index (χ2n) is 4.76. The van der Waals surface area contributed by atoms with E-state index in [4.69, 9.17) is 4.74 Å². The summed E-state index contributed by atoms with van der Waals surface area (Å²) >= 11 is 0. The van der Waals surface area contributed by atoms with Crippen LogP contribution in [0.4, 0.5) is 23.2 Å². The highest BCUT2D eigenvalue weighted by atomic mass is 19.3. The van der Waals surface area contributed by atoms with Gasteiger partial charge < -0.3 is 15.4 Å². The summed E-state index contributed by atoms with van der Waals surface area (Å²) in [5, 5.41) is 4.94. The number of alkyl halides is 4. The van der Waals surface area contributed by atoms with Crippen molar-refractivity contribution in [2.45, 2.75) is 25.3 Å². The number of rotatable bonds is 5. The quantitative estimate of drug-likeness (QED) is 0.822. The van der Waals surface area contributed by atoms with E-state index in [0.29, 0.717) is 17.0 Å². The molecular weight excluding hydrogens is 292 g/mol. The third-order valence-corrected chi connectivity index (χ3v) is 3.10. The van der Waals surface area contributed by atoms with Gasteiger partial charge in [0.15, 0.2) is 6.61 Å². The lowest BCUT2D eigenvalue weighted by molar-refractivity contribution is -0.126. The number of carbonyl (C=O) groups excluding carboxylic acids is 1. The van der Waals surface area contributed by atoms with Gasteiger partial charge in [-0.15, -0.1) is 0 Å². The average Bonchev–Trinajstić information content (AvgIpc) is 2.43. The second-order valence-corrected chi connectivity index (χ2v) is 4.76. The first-order chi connectivity index (χ1) is 9.79. The minimum Gasteiger partial charge on any atom is -0.482 e. The number of carbonyl (C=O) groups is 1. The van der Waals surface area contributed by atoms with E-state index in [9.17, 15) is 22.4 Å². The van der Waals surface area contributed by atoms with Gasteiger partial charge in [-0.25, -0.2) is 8.78 Å². The van der Waals surface area contributed by atoms with Gasteiger partial charge in [0.25, 0.3) is 5.91 Å². The third kappa shape index (κ3) is 3.63. The van der Waals surface area contributed by atoms with Gasteiger partial charge in [0, 0.05) is 6.04 Å². The highest BCUT2D eigenvalue weighted by molar-refractivity contribution is 5.95. The Balaban J connectivity index is 2.05. The Bertz CT molecular complexity index is 537. The molecule has 4 nitrogen and oxygen atoms in total. The van der Waals surface area contributed by atoms with Gasteiger partial charge in [0.1, 0.15) is 5.75 Å². The molecule has 0 saturated carbocycles. The van der Waals surface area contributed by atoms with Crippen LogP contribution in [0.5, 0.6) is 5.75 Å². The fourth-order valence-corrected chi connectivity index (χ4v) is 1.85. The molecule has 1 aromatic rings. The number of hydrogen-bond donors (Lipinski definition) is 2. The van der Waals surface area contributed by atoms with Crippen LogP contribution in [0.1, 0.15) is 18.5 Å². The first-order valence-corrected chi connectivity index (χ1v) is 6.25. The van der Waals surface area contributed by atoms with Crippen molar-refractivity contribution in [1.29, 1.82) is 0 Å². The molecular formula is C13H14F4N2O2. The summed E-state index contributed by atoms with van der Waals surface area (Å²) in [6.07, 6.45) is -3.71. The zero-order chi connectivity index (χ0) is 15.6. The number of fused-ring (bicyclic) bond motifs is 1. The van der Waals surface area contributed by atoms with Gasteiger partial charge in [-0.1, -0.05) is 6.07 Å². The van der Waals surface area contributed by atoms with E-state index >= 15 is 0 Å². The molecule has 0 aliphatic carbocycles. The lowest BCUT2D eigenvalue weighted by Gasteiger charge is -2.22. The van der Waals surface area contributed by atoms with Crippen molar-refractivity contribution in [1.82, 2.24) is 5.32 Å². The van der Waals surface area contributed by atoms with Crippen LogP contribution in [-0.2, 0) is 4.79 Å². The van der Waals surface area contributed by atoms with Gasteiger partial charge >= 0.3 is 12.3 Å². The topological polar surface area (TPSA) is 50.4 Å². The van der Waals surface area contributed by atoms with E-state index in [-0.39, 0.29) is 12.5 Å². The van der Waals surface area contributed by atoms with Crippen LogP contribution in [0.2, 0.25) is 0 Å². The van der Waals surface area contributed by atoms with Crippen LogP contribution < -0.4 is 15.4 Å². The normalized spacial score (nSPS) is 16.2. The predicted octanol–water partition coefficient (Wildman–Crippen LogP) is 2.57. The Morgan fingerprint density at radius 3 is 2.81 bits per heavy atom. The summed E-state index contributed by atoms with van der Waals surface area (Å²) in [6, 6.07) is 4.19. The minimum absolute atomic E-state index is 0.0826. The molecule has 0 fully saturated rings. The smallest absolute Gasteiger partial charge is 0.319 e. The zero-order valence-corrected chi connectivity index (χ0v) is 11.1. The molecule has 2 N–H and O–H groups in total. The Kier molecular flexibility index (Phi) is 4.36. The van der Waals surface area contributed by atoms with Crippen LogP contribution in [0.15, 0.2) is 18.2 Å². The average molecular weight is 306 g/mol. The summed E-state index contributed by atoms with van der Waals surface area (Å²) in [6.45, 7) is 0.349. The highest BCUT2D eigenvalue weighted by Crippen LogP contribution is 2.31. The number of ether oxygens (including phenoxy) is 1. The van der Waals surface area contributed by atoms with Crippen molar-refractivity contribution in [3.8, 4) is 5.75 Å². The SMILES string of the molecule is CC(NCC(F)(F)C(F)F)c1ccc2c(c1)NC(=O)CO2. The molecule has 1 aliphatic rings. The molecule has 0 saturated heterocycles. The fourth-order valence-electron chi connectivity index (χ4n) is 1.85. The molecule has 0 radical (unpaired) electrons. The van der Waals surface area contributed by atoms with E-state index < -0.39 is 24.9 Å². The molecule has 21 heavy (non-hydrogen) atoms. The first-order valence-electron chi connectivity index (χ1n) is 6.25. The first kappa shape index (κ1) is 15.6. The van der Waals surface area contributed by atoms with Crippen molar-refractivity contribution in [2.24, 2.45) is 0 Å². The molecule has 0 spiro atoms. The maximum atomic E-state index is 12.9. The van der Waals surface area contributed by atoms with Crippen LogP contribution in [-0.4, -0.2) is 31.4 Å². The number of benzene rings is 1. The van der Waals surface area contributed by atoms with Gasteiger partial charge in [-0.3, -0.25) is 4.79 Å². The summed E-state index contributed by atoms with van der Waals surface area (Å²) < 4.78 is 55.0. The van der Waals surface area contributed by atoms with E-state index in [0.717, 1.165) is 0 Å². The van der Waals surface area contributed by atoms with Crippen LogP contribution in [0, 0.1) is 0 Å². The number of hydrogen-bond acceptors (Lipinski definition) is 3. The molecule has 0 bridgehead atoms. The standard InChI is InChI=1S/C13H14F4N2O2/c1-7(18-6-13(16,17)12(14)15)8-2-3-10-9(4-8)19-11(20)5-21-10/h2-4,7,12,18H,5-6H2,1H3,(H,19,20). The predicted molar refractivity (Wildman–Crippen MR) is 67.9 cm³/mol. The van der Waals surface area contributed by atoms with Crippen molar-refractivity contribution in [2.75, 3.05) is 18.5 Å². The molecule has 0 aromatic heterocycles. The Labute approximate surface area is 118 Å². The largest absolute Gasteiger partial charge is 0.482 e. The molecule has 1 amide bonds. The maximum Gasteiger partial charge on any atom is 0.319 e. The molecule has 1 aliphatic heterocycles. The monoisotopic (exact) mass is 306 g/mol. The summed E-state index contributed by atoms with van der Waals surface area (Å²) in [4.78, 5) is 11.2. The van der Waals surface area contributed by atoms with Crippen LogP contribution >= 0.6 is 0 Å². The second kappa shape index (κ2) is 5.88. The van der Waals surface area contributed by atoms with Gasteiger partial charge in [-0.05, 0) is 24.6 Å². The zero-order valence-electron chi connectivity index (χ0n) is 11.1. The van der Waals surface area contributed by atoms with Crippen molar-refractivity contribution in [3.63, 3.8) is 0 Å². The van der Waals surface area contributed by atoms with Gasteiger partial charge in [0.05, 0.1) is 12.2 Å². The molecule has 1 aromatic carbocycles. The highest BCUT2D eigenvalue weighted by Gasteiger charge is 2.40. The molecule has 8 heteroatoms. The van der Waals surface area contributed by atoms with Gasteiger partial charge in [0.2, 0.25) is 0 Å². The van der Waals surface area contributed by atoms with E-state index in [1.165, 1.54) is 0 Å². The third-order valence-electron chi connectivity index (χ3n) is 3.10. The summed E-state index contributed by atoms with van der Waals surface area (Å²) in [5.74, 6) is -3.92. The van der Waals surface area contributed by atoms with E-state index in [1.807, 2.05) is 0 Å². The molecule has 116 valence electrons. The number of amides is 1. The van der Waals surface area contributed by atoms with Crippen molar-refractivity contribution in [3.05, 3.63) is 23.8 Å². The van der Waals surface area contributed by atoms with Crippen molar-refractivity contribution >= 4 is 11.6 Å². The Hall–Kier alpha value is -1.83. The van der Waals surface area contributed by atoms with Crippen molar-refractivity contribution < 1.29 is 27.1 Å². The lowest BCUT2D eigenvalue weighted by Crippen LogP contribution is -2.39. The van der Waals surface area contributed by atoms with E-state index in [2.05, 4.69) is 10.6 Å². The Morgan fingerprint density at radius 2 is 2.14 bits per heavy atom. The minimum atomic E-state index is -4.08. The van der Waals surface area contributed by atoms with Crippen LogP contribution in [0.3, 0.4) is 0 Å². The van der Waals surface area contributed by atoms with Gasteiger partial charge in [-0.2, -0.15) is 8.78 Å². The number of nitrogens with one attached hydrogen (secondary N) is 2. The molecule has 1 heterocycles. The maximum absolute atomic E-state index is 12.9. The fraction of sp³-hybridized carbons (Fsp3) is 0.462.